The first-order chi connectivity index (χ1) is 16.2. The van der Waals surface area contributed by atoms with Crippen molar-refractivity contribution in [1.29, 1.82) is 0 Å². The van der Waals surface area contributed by atoms with Crippen molar-refractivity contribution >= 4 is 11.9 Å². The van der Waals surface area contributed by atoms with E-state index in [0.29, 0.717) is 5.56 Å². The van der Waals surface area contributed by atoms with Gasteiger partial charge in [0.05, 0.1) is 5.56 Å². The third-order valence-corrected chi connectivity index (χ3v) is 4.97. The summed E-state index contributed by atoms with van der Waals surface area (Å²) in [7, 11) is 4.01. The van der Waals surface area contributed by atoms with Crippen LogP contribution in [0.5, 0.6) is 0 Å². The van der Waals surface area contributed by atoms with Crippen molar-refractivity contribution in [3.05, 3.63) is 89.5 Å². The van der Waals surface area contributed by atoms with E-state index >= 15 is 0 Å². The van der Waals surface area contributed by atoms with Gasteiger partial charge in [-0.05, 0) is 67.2 Å². The number of nitrogens with one attached hydrogen (secondary N) is 1. The molecule has 0 aliphatic rings. The molecule has 0 saturated carbocycles. The van der Waals surface area contributed by atoms with Crippen LogP contribution in [0.2, 0.25) is 0 Å². The topological polar surface area (TPSA) is 71.3 Å². The van der Waals surface area contributed by atoms with Gasteiger partial charge in [-0.1, -0.05) is 41.5 Å². The van der Waals surface area contributed by atoms with Gasteiger partial charge in [-0.3, -0.25) is 10.1 Å². The van der Waals surface area contributed by atoms with Crippen LogP contribution in [0.3, 0.4) is 0 Å². The molecule has 9 heteroatoms. The van der Waals surface area contributed by atoms with Gasteiger partial charge in [0.15, 0.2) is 0 Å². The maximum Gasteiger partial charge on any atom is 0.416 e. The first kappa shape index (κ1) is 23.2. The van der Waals surface area contributed by atoms with Gasteiger partial charge in [-0.2, -0.15) is 13.2 Å². The lowest BCUT2D eigenvalue weighted by atomic mass is 10.0. The second kappa shape index (κ2) is 9.48. The Hall–Kier alpha value is -3.98. The van der Waals surface area contributed by atoms with E-state index in [0.717, 1.165) is 35.9 Å². The highest BCUT2D eigenvalue weighted by Gasteiger charge is 2.31. The van der Waals surface area contributed by atoms with Gasteiger partial charge in [0.2, 0.25) is 5.89 Å². The third kappa shape index (κ3) is 5.49. The lowest BCUT2D eigenvalue weighted by molar-refractivity contribution is -0.137. The van der Waals surface area contributed by atoms with Gasteiger partial charge in [0.1, 0.15) is 0 Å². The summed E-state index contributed by atoms with van der Waals surface area (Å²) in [4.78, 5) is 14.5. The number of carbonyl (C=O) groups is 1. The zero-order chi connectivity index (χ0) is 24.3. The minimum absolute atomic E-state index is 0.172. The monoisotopic (exact) mass is 466 g/mol. The number of amides is 1. The second-order valence-electron chi connectivity index (χ2n) is 7.96. The molecule has 1 aromatic heterocycles. The summed E-state index contributed by atoms with van der Waals surface area (Å²) < 4.78 is 44.3. The van der Waals surface area contributed by atoms with Crippen molar-refractivity contribution in [2.75, 3.05) is 19.4 Å². The molecule has 3 aromatic carbocycles. The standard InChI is InChI=1S/C25H21F3N4O2/c1-32(2)15-16-6-3-7-17(12-16)18-8-4-10-20(13-18)23-30-31-24(34-23)29-22(33)19-9-5-11-21(14-19)25(26,27)28/h3-14H,15H2,1-2H3,(H,29,31,33). The molecule has 4 rings (SSSR count). The molecule has 1 N–H and O–H groups in total. The molecule has 4 aromatic rings. The van der Waals surface area contributed by atoms with E-state index in [1.54, 1.807) is 6.07 Å². The van der Waals surface area contributed by atoms with Crippen molar-refractivity contribution in [3.8, 4) is 22.6 Å². The minimum Gasteiger partial charge on any atom is -0.403 e. The van der Waals surface area contributed by atoms with Crippen LogP contribution in [-0.4, -0.2) is 35.1 Å². The Morgan fingerprint density at radius 2 is 1.59 bits per heavy atom. The molecule has 1 amide bonds. The number of halogens is 3. The molecule has 0 unspecified atom stereocenters. The molecule has 0 saturated heterocycles. The Morgan fingerprint density at radius 1 is 0.912 bits per heavy atom. The van der Waals surface area contributed by atoms with Crippen molar-refractivity contribution in [3.63, 3.8) is 0 Å². The predicted molar refractivity (Wildman–Crippen MR) is 122 cm³/mol. The van der Waals surface area contributed by atoms with Gasteiger partial charge in [0, 0.05) is 17.7 Å². The van der Waals surface area contributed by atoms with Crippen LogP contribution in [0.1, 0.15) is 21.5 Å². The number of hydrogen-bond acceptors (Lipinski definition) is 5. The molecule has 0 spiro atoms. The number of anilines is 1. The summed E-state index contributed by atoms with van der Waals surface area (Å²) in [5.74, 6) is -0.613. The third-order valence-electron chi connectivity index (χ3n) is 4.97. The van der Waals surface area contributed by atoms with E-state index in [-0.39, 0.29) is 17.5 Å². The molecule has 0 bridgehead atoms. The second-order valence-corrected chi connectivity index (χ2v) is 7.96. The number of nitrogens with zero attached hydrogens (tertiary/aromatic N) is 3. The highest BCUT2D eigenvalue weighted by molar-refractivity contribution is 6.03. The lowest BCUT2D eigenvalue weighted by Crippen LogP contribution is -2.14. The maximum atomic E-state index is 12.9. The average molecular weight is 466 g/mol. The quantitative estimate of drug-likeness (QED) is 0.393. The number of benzene rings is 3. The SMILES string of the molecule is CN(C)Cc1cccc(-c2cccc(-c3nnc(NC(=O)c4cccc(C(F)(F)F)c4)o3)c2)c1. The summed E-state index contributed by atoms with van der Waals surface area (Å²) in [5.41, 5.74) is 2.70. The fraction of sp³-hybridized carbons (Fsp3) is 0.160. The Bertz CT molecular complexity index is 1320. The highest BCUT2D eigenvalue weighted by Crippen LogP contribution is 2.30. The number of alkyl halides is 3. The van der Waals surface area contributed by atoms with E-state index in [9.17, 15) is 18.0 Å². The molecule has 6 nitrogen and oxygen atoms in total. The zero-order valence-electron chi connectivity index (χ0n) is 18.4. The van der Waals surface area contributed by atoms with Crippen LogP contribution in [-0.2, 0) is 12.7 Å². The fourth-order valence-electron chi connectivity index (χ4n) is 3.44. The van der Waals surface area contributed by atoms with Crippen molar-refractivity contribution < 1.29 is 22.4 Å². The van der Waals surface area contributed by atoms with E-state index in [4.69, 9.17) is 4.42 Å². The molecule has 0 radical (unpaired) electrons. The van der Waals surface area contributed by atoms with Crippen LogP contribution in [0.15, 0.2) is 77.2 Å². The first-order valence-electron chi connectivity index (χ1n) is 10.4. The molecular formula is C25H21F3N4O2. The normalized spacial score (nSPS) is 11.6. The van der Waals surface area contributed by atoms with Crippen LogP contribution >= 0.6 is 0 Å². The summed E-state index contributed by atoms with van der Waals surface area (Å²) >= 11 is 0. The van der Waals surface area contributed by atoms with Gasteiger partial charge < -0.3 is 9.32 Å². The van der Waals surface area contributed by atoms with Crippen LogP contribution in [0.4, 0.5) is 19.2 Å². The van der Waals surface area contributed by atoms with E-state index in [2.05, 4.69) is 32.5 Å². The first-order valence-corrected chi connectivity index (χ1v) is 10.4. The van der Waals surface area contributed by atoms with Gasteiger partial charge in [-0.15, -0.1) is 5.10 Å². The fourth-order valence-corrected chi connectivity index (χ4v) is 3.44. The van der Waals surface area contributed by atoms with Crippen LogP contribution in [0.25, 0.3) is 22.6 Å². The molecule has 1 heterocycles. The summed E-state index contributed by atoms with van der Waals surface area (Å²) in [5, 5.41) is 10.1. The smallest absolute Gasteiger partial charge is 0.403 e. The van der Waals surface area contributed by atoms with Crippen molar-refractivity contribution in [1.82, 2.24) is 15.1 Å². The summed E-state index contributed by atoms with van der Waals surface area (Å²) in [6, 6.07) is 19.5. The number of carbonyl (C=O) groups excluding carboxylic acids is 1. The van der Waals surface area contributed by atoms with Gasteiger partial charge >= 0.3 is 12.2 Å². The predicted octanol–water partition coefficient (Wildman–Crippen LogP) is 5.74. The van der Waals surface area contributed by atoms with Gasteiger partial charge in [-0.25, -0.2) is 0 Å². The minimum atomic E-state index is -4.55. The molecule has 0 atom stereocenters. The molecule has 174 valence electrons. The maximum absolute atomic E-state index is 12.9. The Kier molecular flexibility index (Phi) is 6.47. The Balaban J connectivity index is 1.52. The Morgan fingerprint density at radius 3 is 2.32 bits per heavy atom. The number of hydrogen-bond donors (Lipinski definition) is 1. The average Bonchev–Trinajstić information content (AvgIpc) is 3.27. The molecule has 0 aliphatic carbocycles. The number of rotatable bonds is 6. The van der Waals surface area contributed by atoms with Crippen molar-refractivity contribution in [2.45, 2.75) is 12.7 Å². The molecule has 0 fully saturated rings. The largest absolute Gasteiger partial charge is 0.416 e. The number of aromatic nitrogens is 2. The van der Waals surface area contributed by atoms with E-state index in [1.807, 2.05) is 44.4 Å². The van der Waals surface area contributed by atoms with E-state index < -0.39 is 17.6 Å². The zero-order valence-corrected chi connectivity index (χ0v) is 18.4. The van der Waals surface area contributed by atoms with Gasteiger partial charge in [0.25, 0.3) is 5.91 Å². The van der Waals surface area contributed by atoms with Crippen molar-refractivity contribution in [2.24, 2.45) is 0 Å². The van der Waals surface area contributed by atoms with Crippen LogP contribution < -0.4 is 5.32 Å². The lowest BCUT2D eigenvalue weighted by Gasteiger charge is -2.11. The van der Waals surface area contributed by atoms with Crippen LogP contribution in [0, 0.1) is 0 Å². The summed E-state index contributed by atoms with van der Waals surface area (Å²) in [6.45, 7) is 0.812. The van der Waals surface area contributed by atoms with E-state index in [1.165, 1.54) is 11.6 Å². The molecular weight excluding hydrogens is 445 g/mol. The highest BCUT2D eigenvalue weighted by atomic mass is 19.4. The molecule has 0 aliphatic heterocycles. The summed E-state index contributed by atoms with van der Waals surface area (Å²) in [6.07, 6.45) is -4.55. The Labute approximate surface area is 194 Å². The molecule has 34 heavy (non-hydrogen) atoms.